The average molecular weight is 386 g/mol. The Hall–Kier alpha value is -2.25. The van der Waals surface area contributed by atoms with Crippen LogP contribution >= 0.6 is 11.6 Å². The Kier molecular flexibility index (Phi) is 5.11. The Morgan fingerprint density at radius 1 is 1.23 bits per heavy atom. The first-order valence-corrected chi connectivity index (χ1v) is 8.17. The number of β-amino-alcohol motifs (C(OH)–C–C–N with tert-alkyl or cyclic N) is 1. The van der Waals surface area contributed by atoms with Crippen molar-refractivity contribution in [3.8, 4) is 5.75 Å². The highest BCUT2D eigenvalue weighted by Gasteiger charge is 2.31. The SMILES string of the molecule is O=C(c1cccc(COc2ccc(C(F)(F)F)cc2Cl)c1)N1CC(O)C1. The number of ether oxygens (including phenoxy) is 1. The Labute approximate surface area is 152 Å². The number of hydrogen-bond donors (Lipinski definition) is 1. The fourth-order valence-corrected chi connectivity index (χ4v) is 2.79. The molecule has 1 saturated heterocycles. The standard InChI is InChI=1S/C18H15ClF3NO3/c19-15-7-13(18(20,21)22)4-5-16(15)26-10-11-2-1-3-12(6-11)17(25)23-8-14(24)9-23/h1-7,14,24H,8-10H2. The monoisotopic (exact) mass is 385 g/mol. The average Bonchev–Trinajstić information content (AvgIpc) is 2.56. The van der Waals surface area contributed by atoms with Gasteiger partial charge in [0.25, 0.3) is 5.91 Å². The molecule has 0 saturated carbocycles. The van der Waals surface area contributed by atoms with Gasteiger partial charge in [-0.15, -0.1) is 0 Å². The van der Waals surface area contributed by atoms with Crippen molar-refractivity contribution >= 4 is 17.5 Å². The summed E-state index contributed by atoms with van der Waals surface area (Å²) in [5, 5.41) is 9.14. The number of rotatable bonds is 4. The summed E-state index contributed by atoms with van der Waals surface area (Å²) in [7, 11) is 0. The number of aliphatic hydroxyl groups is 1. The highest BCUT2D eigenvalue weighted by atomic mass is 35.5. The van der Waals surface area contributed by atoms with Gasteiger partial charge in [-0.05, 0) is 35.9 Å². The highest BCUT2D eigenvalue weighted by molar-refractivity contribution is 6.32. The van der Waals surface area contributed by atoms with Gasteiger partial charge in [-0.3, -0.25) is 4.79 Å². The molecule has 0 aromatic heterocycles. The summed E-state index contributed by atoms with van der Waals surface area (Å²) >= 11 is 5.86. The van der Waals surface area contributed by atoms with Crippen LogP contribution < -0.4 is 4.74 Å². The number of nitrogens with zero attached hydrogens (tertiary/aromatic N) is 1. The predicted octanol–water partition coefficient (Wildman–Crippen LogP) is 3.75. The van der Waals surface area contributed by atoms with E-state index < -0.39 is 17.8 Å². The second-order valence-corrected chi connectivity index (χ2v) is 6.40. The first-order valence-electron chi connectivity index (χ1n) is 7.80. The largest absolute Gasteiger partial charge is 0.487 e. The number of benzene rings is 2. The van der Waals surface area contributed by atoms with Crippen LogP contribution in [0.15, 0.2) is 42.5 Å². The molecule has 1 amide bonds. The highest BCUT2D eigenvalue weighted by Crippen LogP contribution is 2.35. The Morgan fingerprint density at radius 3 is 2.58 bits per heavy atom. The minimum absolute atomic E-state index is 0.0504. The van der Waals surface area contributed by atoms with Gasteiger partial charge in [-0.1, -0.05) is 23.7 Å². The molecule has 1 aliphatic heterocycles. The van der Waals surface area contributed by atoms with E-state index in [9.17, 15) is 23.1 Å². The second-order valence-electron chi connectivity index (χ2n) is 6.00. The fourth-order valence-electron chi connectivity index (χ4n) is 2.55. The molecule has 26 heavy (non-hydrogen) atoms. The molecule has 2 aromatic rings. The molecule has 1 N–H and O–H groups in total. The number of amides is 1. The van der Waals surface area contributed by atoms with Gasteiger partial charge in [0.15, 0.2) is 0 Å². The van der Waals surface area contributed by atoms with Crippen molar-refractivity contribution in [2.24, 2.45) is 0 Å². The number of carbonyl (C=O) groups is 1. The third-order valence-corrected chi connectivity index (χ3v) is 4.27. The minimum atomic E-state index is -4.47. The van der Waals surface area contributed by atoms with Crippen molar-refractivity contribution < 1.29 is 27.8 Å². The van der Waals surface area contributed by atoms with E-state index in [0.29, 0.717) is 24.2 Å². The fraction of sp³-hybridized carbons (Fsp3) is 0.278. The van der Waals surface area contributed by atoms with Gasteiger partial charge in [0.2, 0.25) is 0 Å². The molecule has 8 heteroatoms. The lowest BCUT2D eigenvalue weighted by Crippen LogP contribution is -2.53. The van der Waals surface area contributed by atoms with Crippen molar-refractivity contribution in [1.82, 2.24) is 4.90 Å². The molecule has 0 bridgehead atoms. The third kappa shape index (κ3) is 4.11. The summed E-state index contributed by atoms with van der Waals surface area (Å²) in [4.78, 5) is 13.8. The lowest BCUT2D eigenvalue weighted by Gasteiger charge is -2.35. The molecular weight excluding hydrogens is 371 g/mol. The number of carbonyl (C=O) groups excluding carboxylic acids is 1. The van der Waals surface area contributed by atoms with E-state index in [4.69, 9.17) is 16.3 Å². The maximum absolute atomic E-state index is 12.6. The summed E-state index contributed by atoms with van der Waals surface area (Å²) in [6, 6.07) is 9.60. The van der Waals surface area contributed by atoms with Gasteiger partial charge < -0.3 is 14.7 Å². The minimum Gasteiger partial charge on any atom is -0.487 e. The van der Waals surface area contributed by atoms with Gasteiger partial charge in [0.1, 0.15) is 12.4 Å². The predicted molar refractivity (Wildman–Crippen MR) is 89.1 cm³/mol. The van der Waals surface area contributed by atoms with E-state index in [0.717, 1.165) is 12.1 Å². The maximum Gasteiger partial charge on any atom is 0.416 e. The molecule has 0 unspecified atom stereocenters. The molecule has 1 heterocycles. The van der Waals surface area contributed by atoms with Gasteiger partial charge in [0.05, 0.1) is 16.7 Å². The van der Waals surface area contributed by atoms with Crippen LogP contribution in [0.4, 0.5) is 13.2 Å². The van der Waals surface area contributed by atoms with E-state index in [1.54, 1.807) is 24.3 Å². The quantitative estimate of drug-likeness (QED) is 0.872. The molecule has 1 fully saturated rings. The Bertz CT molecular complexity index is 820. The first-order chi connectivity index (χ1) is 12.2. The molecule has 0 radical (unpaired) electrons. The van der Waals surface area contributed by atoms with Gasteiger partial charge in [0, 0.05) is 18.7 Å². The molecular formula is C18H15ClF3NO3. The summed E-state index contributed by atoms with van der Waals surface area (Å²) < 4.78 is 43.4. The Balaban J connectivity index is 1.67. The summed E-state index contributed by atoms with van der Waals surface area (Å²) in [6.45, 7) is 0.663. The molecule has 3 rings (SSSR count). The van der Waals surface area contributed by atoms with Crippen molar-refractivity contribution in [1.29, 1.82) is 0 Å². The van der Waals surface area contributed by atoms with E-state index in [1.807, 2.05) is 0 Å². The zero-order valence-corrected chi connectivity index (χ0v) is 14.2. The molecule has 138 valence electrons. The van der Waals surface area contributed by atoms with Gasteiger partial charge in [-0.25, -0.2) is 0 Å². The zero-order valence-electron chi connectivity index (χ0n) is 13.5. The van der Waals surface area contributed by atoms with E-state index in [1.165, 1.54) is 11.0 Å². The summed E-state index contributed by atoms with van der Waals surface area (Å²) in [5.41, 5.74) is 0.281. The van der Waals surface area contributed by atoms with Gasteiger partial charge in [-0.2, -0.15) is 13.2 Å². The topological polar surface area (TPSA) is 49.8 Å². The van der Waals surface area contributed by atoms with Crippen LogP contribution in [-0.4, -0.2) is 35.1 Å². The number of halogens is 4. The molecule has 2 aromatic carbocycles. The zero-order chi connectivity index (χ0) is 18.9. The molecule has 0 atom stereocenters. The molecule has 0 aliphatic carbocycles. The maximum atomic E-state index is 12.6. The van der Waals surface area contributed by atoms with Crippen LogP contribution in [0, 0.1) is 0 Å². The summed E-state index contributed by atoms with van der Waals surface area (Å²) in [5.74, 6) is -0.0630. The molecule has 4 nitrogen and oxygen atoms in total. The van der Waals surface area contributed by atoms with Crippen LogP contribution in [0.25, 0.3) is 0 Å². The van der Waals surface area contributed by atoms with Crippen LogP contribution in [0.1, 0.15) is 21.5 Å². The van der Waals surface area contributed by atoms with Crippen LogP contribution in [-0.2, 0) is 12.8 Å². The number of aliphatic hydroxyl groups excluding tert-OH is 1. The van der Waals surface area contributed by atoms with Crippen LogP contribution in [0.3, 0.4) is 0 Å². The lowest BCUT2D eigenvalue weighted by molar-refractivity contribution is -0.137. The first kappa shape index (κ1) is 18.5. The Morgan fingerprint density at radius 2 is 1.96 bits per heavy atom. The van der Waals surface area contributed by atoms with Crippen LogP contribution in [0.2, 0.25) is 5.02 Å². The number of likely N-dealkylation sites (tertiary alicyclic amines) is 1. The number of hydrogen-bond acceptors (Lipinski definition) is 3. The smallest absolute Gasteiger partial charge is 0.416 e. The normalized spacial score (nSPS) is 14.9. The molecule has 1 aliphatic rings. The molecule has 0 spiro atoms. The summed E-state index contributed by atoms with van der Waals surface area (Å²) in [6.07, 6.45) is -4.95. The lowest BCUT2D eigenvalue weighted by atomic mass is 10.1. The van der Waals surface area contributed by atoms with Crippen molar-refractivity contribution in [3.63, 3.8) is 0 Å². The second kappa shape index (κ2) is 7.17. The third-order valence-electron chi connectivity index (χ3n) is 3.98. The van der Waals surface area contributed by atoms with Crippen molar-refractivity contribution in [3.05, 3.63) is 64.2 Å². The van der Waals surface area contributed by atoms with Crippen LogP contribution in [0.5, 0.6) is 5.75 Å². The van der Waals surface area contributed by atoms with E-state index in [-0.39, 0.29) is 23.3 Å². The van der Waals surface area contributed by atoms with E-state index in [2.05, 4.69) is 0 Å². The number of alkyl halides is 3. The van der Waals surface area contributed by atoms with Crippen molar-refractivity contribution in [2.75, 3.05) is 13.1 Å². The van der Waals surface area contributed by atoms with Gasteiger partial charge >= 0.3 is 6.18 Å². The van der Waals surface area contributed by atoms with Crippen molar-refractivity contribution in [2.45, 2.75) is 18.9 Å². The van der Waals surface area contributed by atoms with E-state index >= 15 is 0 Å².